The van der Waals surface area contributed by atoms with Gasteiger partial charge in [0.05, 0.1) is 13.2 Å². The zero-order valence-electron chi connectivity index (χ0n) is 15.2. The molecule has 6 heteroatoms. The summed E-state index contributed by atoms with van der Waals surface area (Å²) in [6.45, 7) is 4.70. The van der Waals surface area contributed by atoms with Gasteiger partial charge in [0.2, 0.25) is 0 Å². The number of carbonyl (C=O) groups excluding carboxylic acids is 1. The van der Waals surface area contributed by atoms with Crippen LogP contribution in [-0.2, 0) is 4.79 Å². The van der Waals surface area contributed by atoms with Crippen LogP contribution in [0.4, 0.5) is 0 Å². The molecule has 1 aliphatic heterocycles. The Morgan fingerprint density at radius 3 is 2.46 bits per heavy atom. The molecule has 0 radical (unpaired) electrons. The number of para-hydroxylation sites is 2. The lowest BCUT2D eigenvalue weighted by molar-refractivity contribution is -0.127. The van der Waals surface area contributed by atoms with Crippen molar-refractivity contribution in [2.24, 2.45) is 0 Å². The third-order valence-corrected chi connectivity index (χ3v) is 4.17. The summed E-state index contributed by atoms with van der Waals surface area (Å²) < 4.78 is 22.1. The van der Waals surface area contributed by atoms with Gasteiger partial charge in [0.25, 0.3) is 5.91 Å². The molecular formula is C20H23NO5. The number of carbonyl (C=O) groups is 1. The highest BCUT2D eigenvalue weighted by molar-refractivity contribution is 5.81. The van der Waals surface area contributed by atoms with E-state index in [2.05, 4.69) is 5.32 Å². The van der Waals surface area contributed by atoms with E-state index in [1.807, 2.05) is 37.3 Å². The van der Waals surface area contributed by atoms with Gasteiger partial charge in [0.1, 0.15) is 13.2 Å². The van der Waals surface area contributed by atoms with Gasteiger partial charge in [0, 0.05) is 0 Å². The predicted octanol–water partition coefficient (Wildman–Crippen LogP) is 3.11. The van der Waals surface area contributed by atoms with Crippen molar-refractivity contribution in [3.8, 4) is 23.0 Å². The summed E-state index contributed by atoms with van der Waals surface area (Å²) in [6, 6.07) is 12.7. The molecule has 1 N–H and O–H groups in total. The van der Waals surface area contributed by atoms with E-state index in [1.54, 1.807) is 26.2 Å². The van der Waals surface area contributed by atoms with Crippen LogP contribution in [0.25, 0.3) is 0 Å². The van der Waals surface area contributed by atoms with Gasteiger partial charge in [-0.25, -0.2) is 0 Å². The molecule has 0 saturated carbocycles. The van der Waals surface area contributed by atoms with Crippen molar-refractivity contribution in [1.82, 2.24) is 5.32 Å². The van der Waals surface area contributed by atoms with Crippen LogP contribution in [0.2, 0.25) is 0 Å². The van der Waals surface area contributed by atoms with Gasteiger partial charge in [-0.3, -0.25) is 4.79 Å². The molecule has 138 valence electrons. The van der Waals surface area contributed by atoms with Gasteiger partial charge in [-0.1, -0.05) is 18.2 Å². The second-order valence-electron chi connectivity index (χ2n) is 6.04. The number of rotatable bonds is 6. The second-order valence-corrected chi connectivity index (χ2v) is 6.04. The first-order chi connectivity index (χ1) is 12.6. The lowest BCUT2D eigenvalue weighted by atomic mass is 10.1. The predicted molar refractivity (Wildman–Crippen MR) is 97.1 cm³/mol. The van der Waals surface area contributed by atoms with Crippen LogP contribution in [0.1, 0.15) is 25.5 Å². The summed E-state index contributed by atoms with van der Waals surface area (Å²) in [7, 11) is 1.57. The van der Waals surface area contributed by atoms with Gasteiger partial charge in [0.15, 0.2) is 29.1 Å². The maximum absolute atomic E-state index is 12.5. The molecule has 2 atom stereocenters. The summed E-state index contributed by atoms with van der Waals surface area (Å²) in [5.41, 5.74) is 0.937. The van der Waals surface area contributed by atoms with E-state index in [0.29, 0.717) is 30.5 Å². The average molecular weight is 357 g/mol. The van der Waals surface area contributed by atoms with Gasteiger partial charge in [-0.05, 0) is 43.7 Å². The number of methoxy groups -OCH3 is 1. The summed E-state index contributed by atoms with van der Waals surface area (Å²) >= 11 is 0. The SMILES string of the molecule is COc1ccccc1O[C@@H](C)C(=O)N[C@@H](C)c1ccc2c(c1)OCCO2. The molecule has 1 aliphatic rings. The lowest BCUT2D eigenvalue weighted by Gasteiger charge is -2.22. The standard InChI is InChI=1S/C20H23NO5/c1-13(15-8-9-17-19(12-15)25-11-10-24-17)21-20(22)14(2)26-18-7-5-4-6-16(18)23-3/h4-9,12-14H,10-11H2,1-3H3,(H,21,22)/t13-,14-/m0/s1. The maximum Gasteiger partial charge on any atom is 0.261 e. The minimum Gasteiger partial charge on any atom is -0.493 e. The molecular weight excluding hydrogens is 334 g/mol. The van der Waals surface area contributed by atoms with Crippen molar-refractivity contribution in [1.29, 1.82) is 0 Å². The number of fused-ring (bicyclic) bond motifs is 1. The van der Waals surface area contributed by atoms with Crippen molar-refractivity contribution < 1.29 is 23.7 Å². The number of hydrogen-bond acceptors (Lipinski definition) is 5. The third-order valence-electron chi connectivity index (χ3n) is 4.17. The molecule has 6 nitrogen and oxygen atoms in total. The van der Waals surface area contributed by atoms with Gasteiger partial charge < -0.3 is 24.3 Å². The van der Waals surface area contributed by atoms with Crippen LogP contribution >= 0.6 is 0 Å². The molecule has 3 rings (SSSR count). The highest BCUT2D eigenvalue weighted by Gasteiger charge is 2.20. The highest BCUT2D eigenvalue weighted by atomic mass is 16.6. The van der Waals surface area contributed by atoms with Gasteiger partial charge >= 0.3 is 0 Å². The lowest BCUT2D eigenvalue weighted by Crippen LogP contribution is -2.37. The fourth-order valence-electron chi connectivity index (χ4n) is 2.70. The first-order valence-corrected chi connectivity index (χ1v) is 8.58. The van der Waals surface area contributed by atoms with E-state index < -0.39 is 6.10 Å². The first-order valence-electron chi connectivity index (χ1n) is 8.58. The van der Waals surface area contributed by atoms with E-state index >= 15 is 0 Å². The molecule has 0 aromatic heterocycles. The van der Waals surface area contributed by atoms with Crippen molar-refractivity contribution in [3.63, 3.8) is 0 Å². The molecule has 2 aromatic rings. The molecule has 0 bridgehead atoms. The van der Waals surface area contributed by atoms with Crippen molar-refractivity contribution >= 4 is 5.91 Å². The second kappa shape index (κ2) is 7.99. The smallest absolute Gasteiger partial charge is 0.261 e. The Morgan fingerprint density at radius 2 is 1.73 bits per heavy atom. The highest BCUT2D eigenvalue weighted by Crippen LogP contribution is 2.32. The Bertz CT molecular complexity index is 777. The fraction of sp³-hybridized carbons (Fsp3) is 0.350. The van der Waals surface area contributed by atoms with Crippen LogP contribution in [0.3, 0.4) is 0 Å². The van der Waals surface area contributed by atoms with Gasteiger partial charge in [-0.15, -0.1) is 0 Å². The van der Waals surface area contributed by atoms with Crippen molar-refractivity contribution in [3.05, 3.63) is 48.0 Å². The van der Waals surface area contributed by atoms with Crippen molar-refractivity contribution in [2.75, 3.05) is 20.3 Å². The number of ether oxygens (including phenoxy) is 4. The number of amides is 1. The third kappa shape index (κ3) is 4.02. The maximum atomic E-state index is 12.5. The number of nitrogens with one attached hydrogen (secondary N) is 1. The topological polar surface area (TPSA) is 66.0 Å². The van der Waals surface area contributed by atoms with E-state index in [1.165, 1.54) is 0 Å². The molecule has 1 amide bonds. The molecule has 0 saturated heterocycles. The quantitative estimate of drug-likeness (QED) is 0.860. The molecule has 0 aliphatic carbocycles. The minimum atomic E-state index is -0.661. The van der Waals surface area contributed by atoms with E-state index in [9.17, 15) is 4.79 Å². The summed E-state index contributed by atoms with van der Waals surface area (Å²) in [5.74, 6) is 2.34. The van der Waals surface area contributed by atoms with Crippen LogP contribution in [0.15, 0.2) is 42.5 Å². The van der Waals surface area contributed by atoms with Crippen molar-refractivity contribution in [2.45, 2.75) is 26.0 Å². The molecule has 0 spiro atoms. The van der Waals surface area contributed by atoms with E-state index in [-0.39, 0.29) is 11.9 Å². The van der Waals surface area contributed by atoms with Crippen LogP contribution in [0, 0.1) is 0 Å². The largest absolute Gasteiger partial charge is 0.493 e. The Morgan fingerprint density at radius 1 is 1.04 bits per heavy atom. The van der Waals surface area contributed by atoms with E-state index in [0.717, 1.165) is 11.3 Å². The molecule has 26 heavy (non-hydrogen) atoms. The van der Waals surface area contributed by atoms with Crippen LogP contribution < -0.4 is 24.3 Å². The molecule has 0 unspecified atom stereocenters. The Hall–Kier alpha value is -2.89. The monoisotopic (exact) mass is 357 g/mol. The molecule has 0 fully saturated rings. The van der Waals surface area contributed by atoms with Crippen LogP contribution in [-0.4, -0.2) is 32.3 Å². The summed E-state index contributed by atoms with van der Waals surface area (Å²) in [5, 5.41) is 2.96. The zero-order chi connectivity index (χ0) is 18.5. The zero-order valence-corrected chi connectivity index (χ0v) is 15.2. The van der Waals surface area contributed by atoms with Gasteiger partial charge in [-0.2, -0.15) is 0 Å². The molecule has 2 aromatic carbocycles. The Kier molecular flexibility index (Phi) is 5.51. The summed E-state index contributed by atoms with van der Waals surface area (Å²) in [4.78, 5) is 12.5. The number of benzene rings is 2. The Labute approximate surface area is 153 Å². The first kappa shape index (κ1) is 17.9. The average Bonchev–Trinajstić information content (AvgIpc) is 2.67. The molecule has 1 heterocycles. The van der Waals surface area contributed by atoms with Crippen LogP contribution in [0.5, 0.6) is 23.0 Å². The minimum absolute atomic E-state index is 0.193. The Balaban J connectivity index is 1.63. The summed E-state index contributed by atoms with van der Waals surface area (Å²) in [6.07, 6.45) is -0.661. The number of hydrogen-bond donors (Lipinski definition) is 1. The normalized spacial score (nSPS) is 14.9. The fourth-order valence-corrected chi connectivity index (χ4v) is 2.70. The van der Waals surface area contributed by atoms with E-state index in [4.69, 9.17) is 18.9 Å².